The standard InChI is InChI=1S/C33H42FN3O4/c34-28-9-4-8-25(18-28)30-22-36(19-26(32(38)39)17-23-5-3-6-23)21-27(30)20-35-14-12-29(13-15-35)37-16-11-24-7-1-2-10-31(24)41-33(37)40/h1-2,4,7-10,18,23,26-27,29-30H,3,5-6,11-17,19-22H2,(H,38,39). The van der Waals surface area contributed by atoms with Gasteiger partial charge in [0, 0.05) is 57.8 Å². The molecule has 1 N–H and O–H groups in total. The lowest BCUT2D eigenvalue weighted by atomic mass is 9.79. The highest BCUT2D eigenvalue weighted by Crippen LogP contribution is 2.37. The Morgan fingerprint density at radius 3 is 2.54 bits per heavy atom. The van der Waals surface area contributed by atoms with E-state index in [2.05, 4.69) is 9.80 Å². The summed E-state index contributed by atoms with van der Waals surface area (Å²) in [5, 5.41) is 9.95. The molecule has 2 saturated heterocycles. The van der Waals surface area contributed by atoms with Crippen LogP contribution < -0.4 is 4.74 Å². The zero-order valence-electron chi connectivity index (χ0n) is 23.8. The zero-order valence-corrected chi connectivity index (χ0v) is 23.8. The summed E-state index contributed by atoms with van der Waals surface area (Å²) in [4.78, 5) is 31.8. The molecule has 1 saturated carbocycles. The number of likely N-dealkylation sites (tertiary alicyclic amines) is 2. The average Bonchev–Trinajstić information content (AvgIpc) is 3.25. The minimum atomic E-state index is -0.695. The number of rotatable bonds is 9. The lowest BCUT2D eigenvalue weighted by molar-refractivity contribution is -0.143. The highest BCUT2D eigenvalue weighted by Gasteiger charge is 2.39. The van der Waals surface area contributed by atoms with Gasteiger partial charge in [-0.05, 0) is 66.8 Å². The van der Waals surface area contributed by atoms with Gasteiger partial charge in [0.2, 0.25) is 0 Å². The Bertz CT molecular complexity index is 1230. The van der Waals surface area contributed by atoms with Gasteiger partial charge in [0.25, 0.3) is 0 Å². The van der Waals surface area contributed by atoms with E-state index in [1.807, 2.05) is 35.2 Å². The van der Waals surface area contributed by atoms with Crippen molar-refractivity contribution in [2.45, 2.75) is 56.9 Å². The first-order chi connectivity index (χ1) is 19.9. The van der Waals surface area contributed by atoms with Crippen LogP contribution in [-0.4, -0.2) is 83.7 Å². The summed E-state index contributed by atoms with van der Waals surface area (Å²) in [6, 6.07) is 14.9. The third kappa shape index (κ3) is 6.59. The number of fused-ring (bicyclic) bond motifs is 1. The predicted octanol–water partition coefficient (Wildman–Crippen LogP) is 5.25. The molecule has 0 radical (unpaired) electrons. The number of carboxylic acids is 1. The monoisotopic (exact) mass is 563 g/mol. The highest BCUT2D eigenvalue weighted by atomic mass is 19.1. The number of amides is 1. The molecule has 41 heavy (non-hydrogen) atoms. The number of carbonyl (C=O) groups excluding carboxylic acids is 1. The molecule has 0 aromatic heterocycles. The Labute approximate surface area is 242 Å². The van der Waals surface area contributed by atoms with Gasteiger partial charge in [0.15, 0.2) is 0 Å². The predicted molar refractivity (Wildman–Crippen MR) is 154 cm³/mol. The molecule has 0 bridgehead atoms. The molecule has 1 amide bonds. The molecular weight excluding hydrogens is 521 g/mol. The number of benzene rings is 2. The number of hydrogen-bond donors (Lipinski definition) is 1. The third-order valence-electron chi connectivity index (χ3n) is 9.98. The Morgan fingerprint density at radius 2 is 1.80 bits per heavy atom. The van der Waals surface area contributed by atoms with Crippen LogP contribution in [0.15, 0.2) is 48.5 Å². The van der Waals surface area contributed by atoms with E-state index in [0.29, 0.717) is 30.7 Å². The molecule has 7 nitrogen and oxygen atoms in total. The quantitative estimate of drug-likeness (QED) is 0.449. The van der Waals surface area contributed by atoms with E-state index in [-0.39, 0.29) is 29.8 Å². The molecule has 8 heteroatoms. The van der Waals surface area contributed by atoms with E-state index in [1.54, 1.807) is 12.1 Å². The van der Waals surface area contributed by atoms with Crippen molar-refractivity contribution in [3.05, 3.63) is 65.5 Å². The van der Waals surface area contributed by atoms with Crippen LogP contribution in [0.2, 0.25) is 0 Å². The molecule has 6 rings (SSSR count). The molecule has 3 heterocycles. The van der Waals surface area contributed by atoms with Gasteiger partial charge in [-0.3, -0.25) is 4.79 Å². The number of halogens is 1. The van der Waals surface area contributed by atoms with Gasteiger partial charge in [-0.25, -0.2) is 9.18 Å². The molecule has 3 aliphatic heterocycles. The lowest BCUT2D eigenvalue weighted by Gasteiger charge is -2.38. The first kappa shape index (κ1) is 28.2. The smallest absolute Gasteiger partial charge is 0.415 e. The van der Waals surface area contributed by atoms with Crippen LogP contribution in [0.25, 0.3) is 0 Å². The Balaban J connectivity index is 1.08. The second-order valence-corrected chi connectivity index (χ2v) is 12.7. The van der Waals surface area contributed by atoms with Crippen molar-refractivity contribution in [3.8, 4) is 5.75 Å². The summed E-state index contributed by atoms with van der Waals surface area (Å²) in [5.41, 5.74) is 2.08. The molecule has 3 fully saturated rings. The molecule has 2 aromatic rings. The molecule has 3 atom stereocenters. The van der Waals surface area contributed by atoms with Crippen molar-refractivity contribution in [2.75, 3.05) is 45.8 Å². The number of carbonyl (C=O) groups is 2. The Morgan fingerprint density at radius 1 is 1.00 bits per heavy atom. The number of nitrogens with zero attached hydrogens (tertiary/aromatic N) is 3. The average molecular weight is 564 g/mol. The summed E-state index contributed by atoms with van der Waals surface area (Å²) in [5.74, 6) is 0.419. The van der Waals surface area contributed by atoms with E-state index >= 15 is 0 Å². The molecule has 3 unspecified atom stereocenters. The maximum Gasteiger partial charge on any atom is 0.415 e. The minimum Gasteiger partial charge on any atom is -0.481 e. The Kier molecular flexibility index (Phi) is 8.58. The zero-order chi connectivity index (χ0) is 28.3. The summed E-state index contributed by atoms with van der Waals surface area (Å²) in [6.45, 7) is 5.51. The van der Waals surface area contributed by atoms with E-state index in [9.17, 15) is 19.1 Å². The highest BCUT2D eigenvalue weighted by molar-refractivity contribution is 5.72. The van der Waals surface area contributed by atoms with Gasteiger partial charge in [0.05, 0.1) is 5.92 Å². The minimum absolute atomic E-state index is 0.162. The fraction of sp³-hybridized carbons (Fsp3) is 0.576. The number of hydrogen-bond acceptors (Lipinski definition) is 5. The van der Waals surface area contributed by atoms with Gasteiger partial charge in [-0.2, -0.15) is 0 Å². The molecule has 220 valence electrons. The van der Waals surface area contributed by atoms with E-state index in [0.717, 1.165) is 82.4 Å². The van der Waals surface area contributed by atoms with Crippen molar-refractivity contribution in [3.63, 3.8) is 0 Å². The normalized spacial score (nSPS) is 25.3. The first-order valence-corrected chi connectivity index (χ1v) is 15.4. The van der Waals surface area contributed by atoms with Gasteiger partial charge < -0.3 is 24.5 Å². The summed E-state index contributed by atoms with van der Waals surface area (Å²) in [6.07, 6.45) is 6.62. The number of piperidine rings is 1. The van der Waals surface area contributed by atoms with Crippen molar-refractivity contribution >= 4 is 12.1 Å². The van der Waals surface area contributed by atoms with Gasteiger partial charge in [-0.15, -0.1) is 0 Å². The second kappa shape index (κ2) is 12.5. The molecule has 1 aliphatic carbocycles. The fourth-order valence-corrected chi connectivity index (χ4v) is 7.48. The van der Waals surface area contributed by atoms with Crippen molar-refractivity contribution < 1.29 is 23.8 Å². The van der Waals surface area contributed by atoms with Crippen LogP contribution in [0.5, 0.6) is 5.75 Å². The maximum atomic E-state index is 14.2. The summed E-state index contributed by atoms with van der Waals surface area (Å²) < 4.78 is 20.0. The number of aliphatic carboxylic acids is 1. The second-order valence-electron chi connectivity index (χ2n) is 12.7. The molecule has 2 aromatic carbocycles. The molecular formula is C33H42FN3O4. The van der Waals surface area contributed by atoms with Gasteiger partial charge in [-0.1, -0.05) is 49.6 Å². The van der Waals surface area contributed by atoms with E-state index < -0.39 is 5.97 Å². The van der Waals surface area contributed by atoms with Crippen molar-refractivity contribution in [1.82, 2.24) is 14.7 Å². The maximum absolute atomic E-state index is 14.2. The van der Waals surface area contributed by atoms with E-state index in [4.69, 9.17) is 4.74 Å². The van der Waals surface area contributed by atoms with Crippen LogP contribution in [0.1, 0.15) is 55.6 Å². The van der Waals surface area contributed by atoms with Gasteiger partial charge in [0.1, 0.15) is 11.6 Å². The van der Waals surface area contributed by atoms with E-state index in [1.165, 1.54) is 12.5 Å². The number of ether oxygens (including phenoxy) is 1. The summed E-state index contributed by atoms with van der Waals surface area (Å²) >= 11 is 0. The summed E-state index contributed by atoms with van der Waals surface area (Å²) in [7, 11) is 0. The van der Waals surface area contributed by atoms with Crippen LogP contribution in [-0.2, 0) is 11.2 Å². The first-order valence-electron chi connectivity index (χ1n) is 15.4. The lowest BCUT2D eigenvalue weighted by Crippen LogP contribution is -2.49. The largest absolute Gasteiger partial charge is 0.481 e. The van der Waals surface area contributed by atoms with Crippen LogP contribution in [0.4, 0.5) is 9.18 Å². The fourth-order valence-electron chi connectivity index (χ4n) is 7.48. The number of carboxylic acid groups (broad SMARTS) is 1. The Hall–Kier alpha value is -2.97. The van der Waals surface area contributed by atoms with Crippen molar-refractivity contribution in [2.24, 2.45) is 17.8 Å². The SMILES string of the molecule is O=C(O)C(CC1CCC1)CN1CC(CN2CCC(N3CCc4ccccc4OC3=O)CC2)C(c2cccc(F)c2)C1. The molecule has 4 aliphatic rings. The van der Waals surface area contributed by atoms with Crippen LogP contribution >= 0.6 is 0 Å². The topological polar surface area (TPSA) is 73.3 Å². The number of para-hydroxylation sites is 1. The van der Waals surface area contributed by atoms with Crippen LogP contribution in [0, 0.1) is 23.6 Å². The van der Waals surface area contributed by atoms with Crippen molar-refractivity contribution in [1.29, 1.82) is 0 Å². The van der Waals surface area contributed by atoms with Gasteiger partial charge >= 0.3 is 12.1 Å². The molecule has 0 spiro atoms. The van der Waals surface area contributed by atoms with Crippen LogP contribution in [0.3, 0.4) is 0 Å². The third-order valence-corrected chi connectivity index (χ3v) is 9.98.